The SMILES string of the molecule is N#CCCCCNc1ccc(F)c(F)c1F. The molecule has 0 saturated heterocycles. The van der Waals surface area contributed by atoms with Crippen molar-refractivity contribution >= 4 is 5.69 Å². The number of halogens is 3. The fourth-order valence-electron chi connectivity index (χ4n) is 1.21. The van der Waals surface area contributed by atoms with Gasteiger partial charge in [-0.3, -0.25) is 0 Å². The predicted molar refractivity (Wildman–Crippen MR) is 54.3 cm³/mol. The molecule has 0 amide bonds. The molecular formula is C11H11F3N2. The quantitative estimate of drug-likeness (QED) is 0.620. The molecular weight excluding hydrogens is 217 g/mol. The van der Waals surface area contributed by atoms with Gasteiger partial charge < -0.3 is 5.32 Å². The average Bonchev–Trinajstić information content (AvgIpc) is 2.28. The zero-order chi connectivity index (χ0) is 12.0. The standard InChI is InChI=1S/C11H11F3N2/c12-8-4-5-9(11(14)10(8)13)16-7-3-1-2-6-15/h4-5,16H,1-3,7H2. The Bertz CT molecular complexity index is 399. The van der Waals surface area contributed by atoms with Crippen LogP contribution in [-0.2, 0) is 0 Å². The highest BCUT2D eigenvalue weighted by Gasteiger charge is 2.12. The summed E-state index contributed by atoms with van der Waals surface area (Å²) < 4.78 is 38.5. The Hall–Kier alpha value is -1.70. The van der Waals surface area contributed by atoms with Crippen LogP contribution in [0.2, 0.25) is 0 Å². The normalized spacial score (nSPS) is 9.88. The summed E-state index contributed by atoms with van der Waals surface area (Å²) in [6.07, 6.45) is 1.79. The van der Waals surface area contributed by atoms with Crippen LogP contribution in [0.4, 0.5) is 18.9 Å². The van der Waals surface area contributed by atoms with Crippen molar-refractivity contribution in [2.24, 2.45) is 0 Å². The Balaban J connectivity index is 2.49. The van der Waals surface area contributed by atoms with Gasteiger partial charge in [0.2, 0.25) is 0 Å². The van der Waals surface area contributed by atoms with Crippen molar-refractivity contribution in [2.45, 2.75) is 19.3 Å². The molecule has 0 aliphatic carbocycles. The van der Waals surface area contributed by atoms with Crippen LogP contribution in [0.1, 0.15) is 19.3 Å². The van der Waals surface area contributed by atoms with E-state index >= 15 is 0 Å². The van der Waals surface area contributed by atoms with Crippen LogP contribution < -0.4 is 5.32 Å². The molecule has 0 bridgehead atoms. The maximum Gasteiger partial charge on any atom is 0.196 e. The van der Waals surface area contributed by atoms with Crippen molar-refractivity contribution < 1.29 is 13.2 Å². The molecule has 1 aromatic rings. The van der Waals surface area contributed by atoms with Crippen LogP contribution in [-0.4, -0.2) is 6.54 Å². The number of nitriles is 1. The molecule has 86 valence electrons. The van der Waals surface area contributed by atoms with Crippen LogP contribution in [0, 0.1) is 28.8 Å². The number of nitrogens with zero attached hydrogens (tertiary/aromatic N) is 1. The van der Waals surface area contributed by atoms with E-state index in [0.717, 1.165) is 12.1 Å². The third-order valence-corrected chi connectivity index (χ3v) is 2.07. The predicted octanol–water partition coefficient (Wildman–Crippen LogP) is 3.21. The number of rotatable bonds is 5. The molecule has 0 saturated carbocycles. The highest BCUT2D eigenvalue weighted by Crippen LogP contribution is 2.19. The van der Waals surface area contributed by atoms with Gasteiger partial charge in [0.1, 0.15) is 0 Å². The van der Waals surface area contributed by atoms with Crippen LogP contribution in [0.5, 0.6) is 0 Å². The van der Waals surface area contributed by atoms with Gasteiger partial charge in [0.25, 0.3) is 0 Å². The largest absolute Gasteiger partial charge is 0.383 e. The minimum atomic E-state index is -1.47. The van der Waals surface area contributed by atoms with E-state index in [9.17, 15) is 13.2 Å². The number of nitrogens with one attached hydrogen (secondary N) is 1. The third kappa shape index (κ3) is 3.16. The lowest BCUT2D eigenvalue weighted by Crippen LogP contribution is -2.05. The minimum Gasteiger partial charge on any atom is -0.383 e. The topological polar surface area (TPSA) is 35.8 Å². The molecule has 0 atom stereocenters. The molecule has 0 radical (unpaired) electrons. The van der Waals surface area contributed by atoms with E-state index in [4.69, 9.17) is 5.26 Å². The summed E-state index contributed by atoms with van der Waals surface area (Å²) in [5.41, 5.74) is -0.0594. The number of benzene rings is 1. The Kier molecular flexibility index (Phi) is 4.65. The molecule has 0 spiro atoms. The first-order chi connectivity index (χ1) is 7.66. The molecule has 1 rings (SSSR count). The summed E-state index contributed by atoms with van der Waals surface area (Å²) >= 11 is 0. The number of unbranched alkanes of at least 4 members (excludes halogenated alkanes) is 2. The second kappa shape index (κ2) is 6.01. The van der Waals surface area contributed by atoms with E-state index < -0.39 is 17.5 Å². The molecule has 0 heterocycles. The molecule has 0 fully saturated rings. The van der Waals surface area contributed by atoms with Gasteiger partial charge in [-0.25, -0.2) is 13.2 Å². The molecule has 0 aliphatic rings. The summed E-state index contributed by atoms with van der Waals surface area (Å²) in [7, 11) is 0. The molecule has 1 aromatic carbocycles. The van der Waals surface area contributed by atoms with Crippen molar-refractivity contribution in [3.63, 3.8) is 0 Å². The van der Waals surface area contributed by atoms with Gasteiger partial charge in [0.05, 0.1) is 11.8 Å². The van der Waals surface area contributed by atoms with Crippen LogP contribution >= 0.6 is 0 Å². The summed E-state index contributed by atoms with van der Waals surface area (Å²) in [6.45, 7) is 0.420. The lowest BCUT2D eigenvalue weighted by molar-refractivity contribution is 0.449. The zero-order valence-corrected chi connectivity index (χ0v) is 8.56. The van der Waals surface area contributed by atoms with E-state index in [-0.39, 0.29) is 5.69 Å². The van der Waals surface area contributed by atoms with Gasteiger partial charge in [-0.1, -0.05) is 0 Å². The Morgan fingerprint density at radius 2 is 1.88 bits per heavy atom. The second-order valence-electron chi connectivity index (χ2n) is 3.26. The second-order valence-corrected chi connectivity index (χ2v) is 3.26. The maximum atomic E-state index is 13.1. The van der Waals surface area contributed by atoms with E-state index in [2.05, 4.69) is 5.32 Å². The average molecular weight is 228 g/mol. The fraction of sp³-hybridized carbons (Fsp3) is 0.364. The van der Waals surface area contributed by atoms with Crippen molar-refractivity contribution in [2.75, 3.05) is 11.9 Å². The van der Waals surface area contributed by atoms with Crippen molar-refractivity contribution in [3.05, 3.63) is 29.6 Å². The maximum absolute atomic E-state index is 13.1. The molecule has 0 aliphatic heterocycles. The number of hydrogen-bond acceptors (Lipinski definition) is 2. The van der Waals surface area contributed by atoms with Crippen LogP contribution in [0.25, 0.3) is 0 Å². The lowest BCUT2D eigenvalue weighted by Gasteiger charge is -2.07. The van der Waals surface area contributed by atoms with E-state index in [0.29, 0.717) is 25.8 Å². The van der Waals surface area contributed by atoms with Gasteiger partial charge in [-0.05, 0) is 25.0 Å². The Labute approximate surface area is 91.7 Å². The highest BCUT2D eigenvalue weighted by molar-refractivity contribution is 5.45. The van der Waals surface area contributed by atoms with Gasteiger partial charge in [0.15, 0.2) is 17.5 Å². The lowest BCUT2D eigenvalue weighted by atomic mass is 10.2. The fourth-order valence-corrected chi connectivity index (χ4v) is 1.21. The first kappa shape index (κ1) is 12.4. The Morgan fingerprint density at radius 1 is 1.12 bits per heavy atom. The summed E-state index contributed by atoms with van der Waals surface area (Å²) in [5, 5.41) is 10.9. The first-order valence-electron chi connectivity index (χ1n) is 4.91. The van der Waals surface area contributed by atoms with E-state index in [1.807, 2.05) is 6.07 Å². The molecule has 5 heteroatoms. The van der Waals surface area contributed by atoms with Crippen LogP contribution in [0.3, 0.4) is 0 Å². The van der Waals surface area contributed by atoms with Crippen molar-refractivity contribution in [1.82, 2.24) is 0 Å². The molecule has 0 aromatic heterocycles. The minimum absolute atomic E-state index is 0.0594. The van der Waals surface area contributed by atoms with E-state index in [1.54, 1.807) is 0 Å². The monoisotopic (exact) mass is 228 g/mol. The summed E-state index contributed by atoms with van der Waals surface area (Å²) in [4.78, 5) is 0. The van der Waals surface area contributed by atoms with Gasteiger partial charge in [-0.15, -0.1) is 0 Å². The van der Waals surface area contributed by atoms with Crippen molar-refractivity contribution in [3.8, 4) is 6.07 Å². The van der Waals surface area contributed by atoms with Gasteiger partial charge in [-0.2, -0.15) is 5.26 Å². The molecule has 1 N–H and O–H groups in total. The third-order valence-electron chi connectivity index (χ3n) is 2.07. The smallest absolute Gasteiger partial charge is 0.196 e. The summed E-state index contributed by atoms with van der Waals surface area (Å²) in [5.74, 6) is -3.88. The van der Waals surface area contributed by atoms with Crippen molar-refractivity contribution in [1.29, 1.82) is 5.26 Å². The number of anilines is 1. The van der Waals surface area contributed by atoms with Gasteiger partial charge in [0, 0.05) is 13.0 Å². The Morgan fingerprint density at radius 3 is 2.56 bits per heavy atom. The summed E-state index contributed by atoms with van der Waals surface area (Å²) in [6, 6.07) is 4.00. The molecule has 0 unspecified atom stereocenters. The highest BCUT2D eigenvalue weighted by atomic mass is 19.2. The number of hydrogen-bond donors (Lipinski definition) is 1. The first-order valence-corrected chi connectivity index (χ1v) is 4.91. The zero-order valence-electron chi connectivity index (χ0n) is 8.56. The molecule has 16 heavy (non-hydrogen) atoms. The van der Waals surface area contributed by atoms with Crippen LogP contribution in [0.15, 0.2) is 12.1 Å². The molecule has 2 nitrogen and oxygen atoms in total. The van der Waals surface area contributed by atoms with E-state index in [1.165, 1.54) is 0 Å². The van der Waals surface area contributed by atoms with Gasteiger partial charge >= 0.3 is 0 Å².